The largest absolute Gasteiger partial charge is 0.496 e. The third-order valence-corrected chi connectivity index (χ3v) is 4.19. The first-order valence-electron chi connectivity index (χ1n) is 6.57. The van der Waals surface area contributed by atoms with E-state index in [-0.39, 0.29) is 0 Å². The minimum Gasteiger partial charge on any atom is -0.496 e. The molecule has 0 spiro atoms. The summed E-state index contributed by atoms with van der Waals surface area (Å²) in [6, 6.07) is 6.62. The van der Waals surface area contributed by atoms with Gasteiger partial charge in [0, 0.05) is 0 Å². The van der Waals surface area contributed by atoms with E-state index in [2.05, 4.69) is 25.1 Å². The van der Waals surface area contributed by atoms with Crippen molar-refractivity contribution in [2.45, 2.75) is 44.4 Å². The molecule has 1 aliphatic carbocycles. The van der Waals surface area contributed by atoms with E-state index in [4.69, 9.17) is 10.5 Å². The second-order valence-corrected chi connectivity index (χ2v) is 5.21. The second-order valence-electron chi connectivity index (χ2n) is 5.21. The van der Waals surface area contributed by atoms with Crippen molar-refractivity contribution >= 4 is 0 Å². The summed E-state index contributed by atoms with van der Waals surface area (Å²) in [7, 11) is 1.73. The van der Waals surface area contributed by atoms with Crippen molar-refractivity contribution in [3.05, 3.63) is 29.3 Å². The van der Waals surface area contributed by atoms with Gasteiger partial charge in [0.15, 0.2) is 0 Å². The lowest BCUT2D eigenvalue weighted by Crippen LogP contribution is -2.25. The van der Waals surface area contributed by atoms with Gasteiger partial charge in [0.1, 0.15) is 5.75 Å². The fourth-order valence-corrected chi connectivity index (χ4v) is 3.22. The average Bonchev–Trinajstić information content (AvgIpc) is 2.79. The molecule has 2 nitrogen and oxygen atoms in total. The third kappa shape index (κ3) is 2.32. The van der Waals surface area contributed by atoms with E-state index in [1.54, 1.807) is 7.11 Å². The van der Waals surface area contributed by atoms with Crippen LogP contribution in [0.2, 0.25) is 0 Å². The van der Waals surface area contributed by atoms with E-state index in [1.165, 1.54) is 36.8 Å². The lowest BCUT2D eigenvalue weighted by atomic mass is 9.75. The van der Waals surface area contributed by atoms with E-state index < -0.39 is 0 Å². The van der Waals surface area contributed by atoms with Crippen LogP contribution in [0.5, 0.6) is 5.75 Å². The molecule has 0 aromatic heterocycles. The lowest BCUT2D eigenvalue weighted by Gasteiger charge is -2.30. The molecule has 1 aliphatic rings. The van der Waals surface area contributed by atoms with Crippen molar-refractivity contribution in [3.8, 4) is 5.75 Å². The Labute approximate surface area is 104 Å². The predicted molar refractivity (Wildman–Crippen MR) is 71.5 cm³/mol. The fraction of sp³-hybridized carbons (Fsp3) is 0.600. The molecule has 0 radical (unpaired) electrons. The van der Waals surface area contributed by atoms with Crippen LogP contribution in [0.25, 0.3) is 0 Å². The van der Waals surface area contributed by atoms with Crippen molar-refractivity contribution in [1.82, 2.24) is 0 Å². The highest BCUT2D eigenvalue weighted by atomic mass is 16.5. The number of hydrogen-bond donors (Lipinski definition) is 1. The summed E-state index contributed by atoms with van der Waals surface area (Å²) < 4.78 is 5.33. The number of benzene rings is 1. The monoisotopic (exact) mass is 233 g/mol. The highest BCUT2D eigenvalue weighted by Crippen LogP contribution is 2.44. The van der Waals surface area contributed by atoms with Crippen molar-refractivity contribution in [2.24, 2.45) is 5.73 Å². The number of methoxy groups -OCH3 is 1. The van der Waals surface area contributed by atoms with Crippen molar-refractivity contribution in [1.29, 1.82) is 0 Å². The van der Waals surface area contributed by atoms with Crippen molar-refractivity contribution < 1.29 is 4.74 Å². The van der Waals surface area contributed by atoms with Crippen molar-refractivity contribution in [2.75, 3.05) is 13.7 Å². The highest BCUT2D eigenvalue weighted by molar-refractivity contribution is 5.39. The maximum Gasteiger partial charge on any atom is 0.121 e. The first-order valence-corrected chi connectivity index (χ1v) is 6.57. The highest BCUT2D eigenvalue weighted by Gasteiger charge is 2.34. The van der Waals surface area contributed by atoms with Crippen LogP contribution in [0, 0.1) is 6.92 Å². The fourth-order valence-electron chi connectivity index (χ4n) is 3.22. The maximum absolute atomic E-state index is 5.80. The summed E-state index contributed by atoms with van der Waals surface area (Å²) in [5.41, 5.74) is 8.83. The Morgan fingerprint density at radius 2 is 2.00 bits per heavy atom. The molecule has 0 heterocycles. The number of aryl methyl sites for hydroxylation is 1. The normalized spacial score (nSPS) is 18.3. The van der Waals surface area contributed by atoms with Crippen LogP contribution in [0.4, 0.5) is 0 Å². The lowest BCUT2D eigenvalue weighted by molar-refractivity contribution is 0.401. The van der Waals surface area contributed by atoms with E-state index >= 15 is 0 Å². The quantitative estimate of drug-likeness (QED) is 0.867. The molecule has 1 aromatic carbocycles. The van der Waals surface area contributed by atoms with E-state index in [0.29, 0.717) is 5.41 Å². The van der Waals surface area contributed by atoms with Gasteiger partial charge < -0.3 is 10.5 Å². The Hall–Kier alpha value is -1.02. The van der Waals surface area contributed by atoms with Crippen LogP contribution in [0.15, 0.2) is 18.2 Å². The van der Waals surface area contributed by atoms with Gasteiger partial charge in [0.25, 0.3) is 0 Å². The SMILES string of the molecule is COc1ccc(C2(CCN)CCCC2)cc1C. The zero-order valence-electron chi connectivity index (χ0n) is 11.0. The molecule has 94 valence electrons. The molecular formula is C15H23NO. The van der Waals surface area contributed by atoms with Gasteiger partial charge >= 0.3 is 0 Å². The Kier molecular flexibility index (Phi) is 3.72. The van der Waals surface area contributed by atoms with Gasteiger partial charge in [0.05, 0.1) is 7.11 Å². The summed E-state index contributed by atoms with van der Waals surface area (Å²) in [6.45, 7) is 2.90. The van der Waals surface area contributed by atoms with Gasteiger partial charge in [-0.3, -0.25) is 0 Å². The summed E-state index contributed by atoms with van der Waals surface area (Å²) in [6.07, 6.45) is 6.36. The van der Waals surface area contributed by atoms with Gasteiger partial charge in [-0.15, -0.1) is 0 Å². The molecule has 0 atom stereocenters. The Balaban J connectivity index is 2.33. The zero-order valence-corrected chi connectivity index (χ0v) is 11.0. The molecule has 0 bridgehead atoms. The van der Waals surface area contributed by atoms with Gasteiger partial charge in [-0.1, -0.05) is 25.0 Å². The standard InChI is InChI=1S/C15H23NO/c1-12-11-13(5-6-14(12)17-2)15(9-10-16)7-3-4-8-15/h5-6,11H,3-4,7-10,16H2,1-2H3. The average molecular weight is 233 g/mol. The minimum atomic E-state index is 0.339. The summed E-state index contributed by atoms with van der Waals surface area (Å²) in [5.74, 6) is 0.981. The van der Waals surface area contributed by atoms with E-state index in [0.717, 1.165) is 18.7 Å². The molecule has 0 amide bonds. The topological polar surface area (TPSA) is 35.2 Å². The molecule has 2 N–H and O–H groups in total. The van der Waals surface area contributed by atoms with Gasteiger partial charge in [-0.05, 0) is 55.3 Å². The molecule has 0 unspecified atom stereocenters. The van der Waals surface area contributed by atoms with Crippen LogP contribution >= 0.6 is 0 Å². The number of rotatable bonds is 4. The van der Waals surface area contributed by atoms with Crippen LogP contribution in [-0.2, 0) is 5.41 Å². The second kappa shape index (κ2) is 5.09. The molecule has 2 rings (SSSR count). The Morgan fingerprint density at radius 1 is 1.29 bits per heavy atom. The van der Waals surface area contributed by atoms with Crippen LogP contribution < -0.4 is 10.5 Å². The van der Waals surface area contributed by atoms with Crippen LogP contribution in [0.3, 0.4) is 0 Å². The molecule has 0 saturated heterocycles. The first kappa shape index (κ1) is 12.4. The van der Waals surface area contributed by atoms with Crippen LogP contribution in [-0.4, -0.2) is 13.7 Å². The summed E-state index contributed by atoms with van der Waals surface area (Å²) in [4.78, 5) is 0. The molecular weight excluding hydrogens is 210 g/mol. The molecule has 0 aliphatic heterocycles. The predicted octanol–water partition coefficient (Wildman–Crippen LogP) is 3.16. The molecule has 17 heavy (non-hydrogen) atoms. The van der Waals surface area contributed by atoms with E-state index in [1.807, 2.05) is 0 Å². The maximum atomic E-state index is 5.80. The summed E-state index contributed by atoms with van der Waals surface area (Å²) >= 11 is 0. The Bertz CT molecular complexity index is 381. The molecule has 1 aromatic rings. The van der Waals surface area contributed by atoms with Crippen LogP contribution in [0.1, 0.15) is 43.2 Å². The zero-order chi connectivity index (χ0) is 12.3. The Morgan fingerprint density at radius 3 is 2.53 bits per heavy atom. The van der Waals surface area contributed by atoms with Gasteiger partial charge in [-0.25, -0.2) is 0 Å². The molecule has 1 saturated carbocycles. The number of hydrogen-bond acceptors (Lipinski definition) is 2. The molecule has 2 heteroatoms. The van der Waals surface area contributed by atoms with Gasteiger partial charge in [0.2, 0.25) is 0 Å². The van der Waals surface area contributed by atoms with E-state index in [9.17, 15) is 0 Å². The minimum absolute atomic E-state index is 0.339. The number of nitrogens with two attached hydrogens (primary N) is 1. The summed E-state index contributed by atoms with van der Waals surface area (Å²) in [5, 5.41) is 0. The smallest absolute Gasteiger partial charge is 0.121 e. The first-order chi connectivity index (χ1) is 8.22. The van der Waals surface area contributed by atoms with Crippen molar-refractivity contribution in [3.63, 3.8) is 0 Å². The third-order valence-electron chi connectivity index (χ3n) is 4.19. The molecule has 1 fully saturated rings. The number of ether oxygens (including phenoxy) is 1. The van der Waals surface area contributed by atoms with Gasteiger partial charge in [-0.2, -0.15) is 0 Å².